The molecule has 0 amide bonds. The number of carbonyl (C=O) groups excluding carboxylic acids is 1. The fraction of sp³-hybridized carbons (Fsp3) is 0.412. The van der Waals surface area contributed by atoms with Crippen LogP contribution in [0.15, 0.2) is 33.9 Å². The molecule has 0 saturated heterocycles. The van der Waals surface area contributed by atoms with Gasteiger partial charge in [0.25, 0.3) is 0 Å². The third-order valence-electron chi connectivity index (χ3n) is 4.15. The molecule has 1 aliphatic rings. The van der Waals surface area contributed by atoms with Crippen molar-refractivity contribution in [2.24, 2.45) is 0 Å². The van der Waals surface area contributed by atoms with E-state index >= 15 is 0 Å². The summed E-state index contributed by atoms with van der Waals surface area (Å²) in [5.41, 5.74) is 1.87. The molecule has 1 aromatic heterocycles. The van der Waals surface area contributed by atoms with E-state index in [0.29, 0.717) is 29.6 Å². The maximum Gasteiger partial charge on any atom is 0.338 e. The molecule has 1 atom stereocenters. The topological polar surface area (TPSA) is 91.2 Å². The van der Waals surface area contributed by atoms with Gasteiger partial charge in [-0.3, -0.25) is 0 Å². The zero-order chi connectivity index (χ0) is 18.7. The first-order valence-corrected chi connectivity index (χ1v) is 9.12. The Labute approximate surface area is 159 Å². The van der Waals surface area contributed by atoms with Gasteiger partial charge in [0.1, 0.15) is 11.8 Å². The molecule has 2 heterocycles. The minimum Gasteiger partial charge on any atom is -0.496 e. The van der Waals surface area contributed by atoms with Gasteiger partial charge in [0.15, 0.2) is 0 Å². The Kier molecular flexibility index (Phi) is 5.55. The van der Waals surface area contributed by atoms with Crippen molar-refractivity contribution in [3.8, 4) is 5.75 Å². The zero-order valence-corrected chi connectivity index (χ0v) is 16.4. The number of ether oxygens (including phenoxy) is 2. The van der Waals surface area contributed by atoms with E-state index in [1.807, 2.05) is 32.0 Å². The van der Waals surface area contributed by atoms with E-state index < -0.39 is 12.0 Å². The number of unbranched alkanes of at least 4 members (excludes halogenated alkanes) is 1. The normalized spacial score (nSPS) is 16.1. The molecule has 0 fully saturated rings. The summed E-state index contributed by atoms with van der Waals surface area (Å²) in [4.78, 5) is 12.8. The fourth-order valence-corrected chi connectivity index (χ4v) is 3.25. The lowest BCUT2D eigenvalue weighted by atomic mass is 9.95. The minimum absolute atomic E-state index is 0.372. The van der Waals surface area contributed by atoms with Gasteiger partial charge in [-0.1, -0.05) is 34.4 Å². The lowest BCUT2D eigenvalue weighted by molar-refractivity contribution is -0.139. The Balaban J connectivity index is 2.09. The van der Waals surface area contributed by atoms with Crippen LogP contribution in [0.3, 0.4) is 0 Å². The van der Waals surface area contributed by atoms with Crippen molar-refractivity contribution in [3.63, 3.8) is 0 Å². The molecule has 8 nitrogen and oxygen atoms in total. The summed E-state index contributed by atoms with van der Waals surface area (Å²) in [5, 5.41) is 14.8. The largest absolute Gasteiger partial charge is 0.496 e. The standard InChI is InChI=1S/C17H20BrN5O3/c1-4-5-8-26-16(24)14-10(2)19-17-20-21-22-23(17)15(14)12-9-11(18)6-7-13(12)25-3/h6-7,9,15H,4-5,8H2,1-3H3,(H,19,20,22)/t15-/m0/s1. The molecule has 0 aliphatic carbocycles. The van der Waals surface area contributed by atoms with Crippen molar-refractivity contribution in [3.05, 3.63) is 39.5 Å². The van der Waals surface area contributed by atoms with Gasteiger partial charge < -0.3 is 14.8 Å². The van der Waals surface area contributed by atoms with E-state index in [-0.39, 0.29) is 0 Å². The second-order valence-corrected chi connectivity index (χ2v) is 6.80. The van der Waals surface area contributed by atoms with E-state index in [9.17, 15) is 4.79 Å². The number of benzene rings is 1. The van der Waals surface area contributed by atoms with Crippen LogP contribution in [0.2, 0.25) is 0 Å². The maximum absolute atomic E-state index is 12.8. The predicted octanol–water partition coefficient (Wildman–Crippen LogP) is 3.08. The van der Waals surface area contributed by atoms with Crippen LogP contribution in [0.25, 0.3) is 0 Å². The number of halogens is 1. The van der Waals surface area contributed by atoms with E-state index in [1.54, 1.807) is 11.8 Å². The number of nitrogens with zero attached hydrogens (tertiary/aromatic N) is 4. The van der Waals surface area contributed by atoms with Gasteiger partial charge in [-0.05, 0) is 42.0 Å². The number of fused-ring (bicyclic) bond motifs is 1. The number of anilines is 1. The number of nitrogens with one attached hydrogen (secondary N) is 1. The highest BCUT2D eigenvalue weighted by atomic mass is 79.9. The molecular formula is C17H20BrN5O3. The molecule has 0 bridgehead atoms. The zero-order valence-electron chi connectivity index (χ0n) is 14.8. The van der Waals surface area contributed by atoms with Crippen molar-refractivity contribution >= 4 is 27.8 Å². The number of hydrogen-bond acceptors (Lipinski definition) is 7. The molecule has 138 valence electrons. The Hall–Kier alpha value is -2.42. The number of aromatic nitrogens is 4. The summed E-state index contributed by atoms with van der Waals surface area (Å²) in [6.45, 7) is 4.23. The summed E-state index contributed by atoms with van der Waals surface area (Å²) >= 11 is 3.48. The number of allylic oxidation sites excluding steroid dienone is 1. The molecule has 0 saturated carbocycles. The van der Waals surface area contributed by atoms with E-state index in [4.69, 9.17) is 9.47 Å². The van der Waals surface area contributed by atoms with Crippen LogP contribution in [-0.2, 0) is 9.53 Å². The molecule has 1 aliphatic heterocycles. The molecule has 0 radical (unpaired) electrons. The molecule has 9 heteroatoms. The van der Waals surface area contributed by atoms with Crippen molar-refractivity contribution in [1.82, 2.24) is 20.2 Å². The van der Waals surface area contributed by atoms with Crippen molar-refractivity contribution < 1.29 is 14.3 Å². The lowest BCUT2D eigenvalue weighted by Crippen LogP contribution is -2.30. The average Bonchev–Trinajstić information content (AvgIpc) is 3.08. The fourth-order valence-electron chi connectivity index (χ4n) is 2.87. The highest BCUT2D eigenvalue weighted by molar-refractivity contribution is 9.10. The lowest BCUT2D eigenvalue weighted by Gasteiger charge is -2.28. The monoisotopic (exact) mass is 421 g/mol. The van der Waals surface area contributed by atoms with Crippen molar-refractivity contribution in [1.29, 1.82) is 0 Å². The smallest absolute Gasteiger partial charge is 0.338 e. The number of methoxy groups -OCH3 is 1. The van der Waals surface area contributed by atoms with Crippen LogP contribution in [-0.4, -0.2) is 39.9 Å². The third-order valence-corrected chi connectivity index (χ3v) is 4.64. The quantitative estimate of drug-likeness (QED) is 0.565. The van der Waals surface area contributed by atoms with Gasteiger partial charge >= 0.3 is 5.97 Å². The van der Waals surface area contributed by atoms with Gasteiger partial charge in [0.05, 0.1) is 19.3 Å². The summed E-state index contributed by atoms with van der Waals surface area (Å²) in [6.07, 6.45) is 1.76. The Morgan fingerprint density at radius 2 is 2.23 bits per heavy atom. The Morgan fingerprint density at radius 1 is 1.42 bits per heavy atom. The highest BCUT2D eigenvalue weighted by Crippen LogP contribution is 2.40. The number of esters is 1. The summed E-state index contributed by atoms with van der Waals surface area (Å²) in [5.74, 6) is 0.699. The molecule has 1 N–H and O–H groups in total. The molecule has 0 spiro atoms. The summed E-state index contributed by atoms with van der Waals surface area (Å²) < 4.78 is 13.4. The molecule has 0 unspecified atom stereocenters. The van der Waals surface area contributed by atoms with Gasteiger partial charge in [-0.15, -0.1) is 0 Å². The number of tetrazole rings is 1. The molecule has 26 heavy (non-hydrogen) atoms. The van der Waals surface area contributed by atoms with Crippen LogP contribution < -0.4 is 10.1 Å². The van der Waals surface area contributed by atoms with Crippen LogP contribution in [0.4, 0.5) is 5.95 Å². The van der Waals surface area contributed by atoms with E-state index in [0.717, 1.165) is 22.9 Å². The first-order valence-electron chi connectivity index (χ1n) is 8.33. The Morgan fingerprint density at radius 3 is 2.96 bits per heavy atom. The number of carbonyl (C=O) groups is 1. The van der Waals surface area contributed by atoms with Crippen LogP contribution >= 0.6 is 15.9 Å². The van der Waals surface area contributed by atoms with Crippen molar-refractivity contribution in [2.45, 2.75) is 32.7 Å². The first-order chi connectivity index (χ1) is 12.6. The highest BCUT2D eigenvalue weighted by Gasteiger charge is 2.36. The predicted molar refractivity (Wildman–Crippen MR) is 98.8 cm³/mol. The van der Waals surface area contributed by atoms with Gasteiger partial charge in [-0.2, -0.15) is 4.68 Å². The second-order valence-electron chi connectivity index (χ2n) is 5.89. The van der Waals surface area contributed by atoms with E-state index in [1.165, 1.54) is 0 Å². The average molecular weight is 422 g/mol. The van der Waals surface area contributed by atoms with Gasteiger partial charge in [0.2, 0.25) is 5.95 Å². The first kappa shape index (κ1) is 18.4. The third kappa shape index (κ3) is 3.44. The number of rotatable bonds is 6. The maximum atomic E-state index is 12.8. The number of hydrogen-bond donors (Lipinski definition) is 1. The molecular weight excluding hydrogens is 402 g/mol. The van der Waals surface area contributed by atoms with Gasteiger partial charge in [-0.25, -0.2) is 4.79 Å². The minimum atomic E-state index is -0.553. The SMILES string of the molecule is CCCCOC(=O)C1=C(C)Nc2nnnn2[C@H]1c1cc(Br)ccc1OC. The van der Waals surface area contributed by atoms with Gasteiger partial charge in [0, 0.05) is 15.7 Å². The summed E-state index contributed by atoms with van der Waals surface area (Å²) in [7, 11) is 1.59. The Bertz CT molecular complexity index is 849. The van der Waals surface area contributed by atoms with Crippen LogP contribution in [0.1, 0.15) is 38.3 Å². The van der Waals surface area contributed by atoms with Crippen LogP contribution in [0, 0.1) is 0 Å². The van der Waals surface area contributed by atoms with E-state index in [2.05, 4.69) is 36.8 Å². The summed E-state index contributed by atoms with van der Waals surface area (Å²) in [6, 6.07) is 5.05. The molecule has 3 rings (SSSR count). The van der Waals surface area contributed by atoms with Crippen LogP contribution in [0.5, 0.6) is 5.75 Å². The second kappa shape index (κ2) is 7.86. The molecule has 2 aromatic rings. The van der Waals surface area contributed by atoms with Crippen molar-refractivity contribution in [2.75, 3.05) is 19.0 Å². The molecule has 1 aromatic carbocycles.